The fourth-order valence-electron chi connectivity index (χ4n) is 5.38. The Balaban J connectivity index is 0.000000169. The second kappa shape index (κ2) is 18.5. The van der Waals surface area contributed by atoms with Crippen molar-refractivity contribution in [1.29, 1.82) is 0 Å². The summed E-state index contributed by atoms with van der Waals surface area (Å²) in [5, 5.41) is 13.4. The maximum absolute atomic E-state index is 12.6. The first kappa shape index (κ1) is 41.8. The summed E-state index contributed by atoms with van der Waals surface area (Å²) in [5.74, 6) is 0. The molecule has 0 unspecified atom stereocenters. The molecule has 0 spiro atoms. The molecule has 0 bridgehead atoms. The third-order valence-electron chi connectivity index (χ3n) is 8.17. The van der Waals surface area contributed by atoms with Crippen LogP contribution in [0.25, 0.3) is 56.4 Å². The van der Waals surface area contributed by atoms with Crippen molar-refractivity contribution in [2.24, 2.45) is 0 Å². The van der Waals surface area contributed by atoms with E-state index in [-0.39, 0.29) is 31.2 Å². The maximum Gasteiger partial charge on any atom is 2.00 e. The van der Waals surface area contributed by atoms with Gasteiger partial charge in [0.1, 0.15) is 11.4 Å². The van der Waals surface area contributed by atoms with E-state index < -0.39 is 23.7 Å². The summed E-state index contributed by atoms with van der Waals surface area (Å²) in [4.78, 5) is 16.8. The minimum Gasteiger partial charge on any atom is -0.573 e. The molecule has 0 N–H and O–H groups in total. The van der Waals surface area contributed by atoms with Gasteiger partial charge < -0.3 is 20.4 Å². The fraction of sp³-hybridized carbons (Fsp3) is 0.0952. The molecule has 0 aliphatic rings. The van der Waals surface area contributed by atoms with E-state index in [4.69, 9.17) is 0 Å². The normalized spacial score (nSPS) is 11.0. The van der Waals surface area contributed by atoms with Gasteiger partial charge in [-0.05, 0) is 84.6 Å². The number of aryl methyl sites for hydroxylation is 2. The number of pyridine rings is 4. The molecular formula is C42H30F6N8Os. The summed E-state index contributed by atoms with van der Waals surface area (Å²) in [7, 11) is 0. The molecule has 6 heterocycles. The van der Waals surface area contributed by atoms with Gasteiger partial charge >= 0.3 is 32.1 Å². The van der Waals surface area contributed by atoms with E-state index in [9.17, 15) is 26.3 Å². The molecule has 0 fully saturated rings. The van der Waals surface area contributed by atoms with Gasteiger partial charge in [0.15, 0.2) is 0 Å². The van der Waals surface area contributed by atoms with Crippen molar-refractivity contribution >= 4 is 0 Å². The van der Waals surface area contributed by atoms with E-state index in [0.717, 1.165) is 56.9 Å². The molecule has 0 aliphatic carbocycles. The average molecular weight is 951 g/mol. The van der Waals surface area contributed by atoms with E-state index in [1.165, 1.54) is 0 Å². The van der Waals surface area contributed by atoms with Crippen LogP contribution in [0.4, 0.5) is 26.3 Å². The first-order valence-electron chi connectivity index (χ1n) is 16.9. The van der Waals surface area contributed by atoms with Crippen molar-refractivity contribution in [2.45, 2.75) is 26.2 Å². The summed E-state index contributed by atoms with van der Waals surface area (Å²) in [6.45, 7) is 3.77. The summed E-state index contributed by atoms with van der Waals surface area (Å²) >= 11 is 0. The molecule has 2 aromatic carbocycles. The second-order valence-corrected chi connectivity index (χ2v) is 12.2. The Bertz CT molecular complexity index is 2300. The largest absolute Gasteiger partial charge is 2.00 e. The molecule has 0 saturated carbocycles. The van der Waals surface area contributed by atoms with Crippen LogP contribution in [0.3, 0.4) is 0 Å². The molecule has 0 saturated heterocycles. The quantitative estimate of drug-likeness (QED) is 0.157. The molecular weight excluding hydrogens is 921 g/mol. The van der Waals surface area contributed by atoms with Crippen LogP contribution < -0.4 is 10.2 Å². The zero-order valence-corrected chi connectivity index (χ0v) is 32.6. The Morgan fingerprint density at radius 3 is 1.11 bits per heavy atom. The summed E-state index contributed by atoms with van der Waals surface area (Å²) in [6.07, 6.45) is -2.17. The summed E-state index contributed by atoms with van der Waals surface area (Å²) in [5.41, 5.74) is 6.50. The summed E-state index contributed by atoms with van der Waals surface area (Å²) < 4.78 is 75.4. The Morgan fingerprint density at radius 1 is 0.439 bits per heavy atom. The Kier molecular flexibility index (Phi) is 13.6. The van der Waals surface area contributed by atoms with Crippen LogP contribution in [-0.4, -0.2) is 30.1 Å². The SMILES string of the molecule is Cc1cc(-c2cc(C(F)(F)F)n[n-]2)ncc1-c1ccccc1.Cc1cc(-c2cc(C(F)(F)F)n[n-]2)ncc1-c1ccccc1.[Os+2].c1ccc(-c2ccccn2)nc1. The number of aromatic nitrogens is 8. The number of hydrogen-bond acceptors (Lipinski definition) is 6. The van der Waals surface area contributed by atoms with Crippen LogP contribution in [0.2, 0.25) is 0 Å². The molecule has 6 aromatic heterocycles. The van der Waals surface area contributed by atoms with Crippen LogP contribution in [0, 0.1) is 13.8 Å². The minimum absolute atomic E-state index is 0. The van der Waals surface area contributed by atoms with Crippen molar-refractivity contribution < 1.29 is 46.1 Å². The van der Waals surface area contributed by atoms with E-state index in [1.54, 1.807) is 36.9 Å². The number of halogens is 6. The number of hydrogen-bond donors (Lipinski definition) is 0. The van der Waals surface area contributed by atoms with Crippen LogP contribution in [0.1, 0.15) is 22.5 Å². The molecule has 8 aromatic rings. The standard InChI is InChI=1S/2C16H11F3N3.C10H8N2.Os/c2*1-10-7-13(14-8-15(22-21-14)16(17,18)19)20-9-12(10)11-5-3-2-4-6-11;1-3-7-11-9(5-1)10-6-2-4-8-12-10;/h2*2-9H,1H3;1-8H;/q2*-1;;+2. The van der Waals surface area contributed by atoms with E-state index in [0.29, 0.717) is 11.4 Å². The van der Waals surface area contributed by atoms with Crippen molar-refractivity contribution in [3.8, 4) is 56.4 Å². The molecule has 288 valence electrons. The topological polar surface area (TPSA) is 106 Å². The molecule has 0 atom stereocenters. The zero-order valence-electron chi connectivity index (χ0n) is 30.1. The minimum atomic E-state index is -4.50. The first-order valence-corrected chi connectivity index (χ1v) is 16.9. The predicted octanol–water partition coefficient (Wildman–Crippen LogP) is 10.3. The predicted molar refractivity (Wildman–Crippen MR) is 199 cm³/mol. The van der Waals surface area contributed by atoms with Gasteiger partial charge in [0, 0.05) is 47.3 Å². The van der Waals surface area contributed by atoms with Crippen molar-refractivity contribution in [3.63, 3.8) is 0 Å². The van der Waals surface area contributed by atoms with Gasteiger partial charge in [0.25, 0.3) is 0 Å². The number of nitrogens with zero attached hydrogens (tertiary/aromatic N) is 8. The van der Waals surface area contributed by atoms with Gasteiger partial charge in [-0.25, -0.2) is 0 Å². The van der Waals surface area contributed by atoms with Gasteiger partial charge in [-0.15, -0.1) is 0 Å². The van der Waals surface area contributed by atoms with Gasteiger partial charge in [0.2, 0.25) is 0 Å². The first-order chi connectivity index (χ1) is 26.9. The maximum atomic E-state index is 12.6. The van der Waals surface area contributed by atoms with Crippen LogP contribution in [0.5, 0.6) is 0 Å². The number of benzene rings is 2. The fourth-order valence-corrected chi connectivity index (χ4v) is 5.38. The van der Waals surface area contributed by atoms with Gasteiger partial charge in [-0.3, -0.25) is 19.9 Å². The number of rotatable bonds is 5. The molecule has 0 amide bonds. The van der Waals surface area contributed by atoms with Crippen LogP contribution >= 0.6 is 0 Å². The smallest absolute Gasteiger partial charge is 0.573 e. The van der Waals surface area contributed by atoms with Crippen LogP contribution in [0.15, 0.2) is 146 Å². The second-order valence-electron chi connectivity index (χ2n) is 12.2. The van der Waals surface area contributed by atoms with Crippen LogP contribution in [-0.2, 0) is 32.1 Å². The Hall–Kier alpha value is -6.32. The van der Waals surface area contributed by atoms with E-state index in [1.807, 2.05) is 111 Å². The number of alkyl halides is 6. The molecule has 57 heavy (non-hydrogen) atoms. The van der Waals surface area contributed by atoms with Crippen molar-refractivity contribution in [3.05, 3.63) is 169 Å². The van der Waals surface area contributed by atoms with Gasteiger partial charge in [-0.1, -0.05) is 84.2 Å². The van der Waals surface area contributed by atoms with Crippen molar-refractivity contribution in [1.82, 2.24) is 40.3 Å². The third kappa shape index (κ3) is 10.9. The average Bonchev–Trinajstić information content (AvgIpc) is 3.92. The monoisotopic (exact) mass is 952 g/mol. The van der Waals surface area contributed by atoms with E-state index >= 15 is 0 Å². The zero-order chi connectivity index (χ0) is 39.7. The molecule has 8 rings (SSSR count). The third-order valence-corrected chi connectivity index (χ3v) is 8.17. The molecule has 8 nitrogen and oxygen atoms in total. The van der Waals surface area contributed by atoms with E-state index in [2.05, 4.69) is 40.3 Å². The Labute approximate surface area is 336 Å². The van der Waals surface area contributed by atoms with Gasteiger partial charge in [-0.2, -0.15) is 26.3 Å². The van der Waals surface area contributed by atoms with Gasteiger partial charge in [0.05, 0.1) is 11.4 Å². The summed E-state index contributed by atoms with van der Waals surface area (Å²) in [6, 6.07) is 36.1. The molecule has 0 aliphatic heterocycles. The molecule has 15 heteroatoms. The molecule has 0 radical (unpaired) electrons. The Morgan fingerprint density at radius 2 is 0.807 bits per heavy atom. The van der Waals surface area contributed by atoms with Crippen molar-refractivity contribution in [2.75, 3.05) is 0 Å².